The Balaban J connectivity index is 1.88. The quantitative estimate of drug-likeness (QED) is 0.903. The Morgan fingerprint density at radius 2 is 2.04 bits per heavy atom. The van der Waals surface area contributed by atoms with Crippen LogP contribution in [0.4, 0.5) is 0 Å². The predicted octanol–water partition coefficient (Wildman–Crippen LogP) is 2.56. The summed E-state index contributed by atoms with van der Waals surface area (Å²) < 4.78 is 5.96. The van der Waals surface area contributed by atoms with Gasteiger partial charge in [0.05, 0.1) is 5.60 Å². The van der Waals surface area contributed by atoms with E-state index in [1.54, 1.807) is 0 Å². The van der Waals surface area contributed by atoms with Crippen LogP contribution in [0.15, 0.2) is 24.3 Å². The molecule has 0 spiro atoms. The first-order chi connectivity index (χ1) is 12.3. The van der Waals surface area contributed by atoms with Crippen LogP contribution in [0.3, 0.4) is 0 Å². The summed E-state index contributed by atoms with van der Waals surface area (Å²) in [5.41, 5.74) is 2.02. The molecule has 1 atom stereocenters. The van der Waals surface area contributed by atoms with Gasteiger partial charge in [0.1, 0.15) is 0 Å². The summed E-state index contributed by atoms with van der Waals surface area (Å²) in [6.07, 6.45) is 2.52. The number of ether oxygens (including phenoxy) is 1. The zero-order valence-corrected chi connectivity index (χ0v) is 16.1. The van der Waals surface area contributed by atoms with Crippen LogP contribution in [0, 0.1) is 6.92 Å². The Morgan fingerprint density at radius 1 is 1.27 bits per heavy atom. The van der Waals surface area contributed by atoms with Gasteiger partial charge in [-0.05, 0) is 44.7 Å². The van der Waals surface area contributed by atoms with E-state index < -0.39 is 0 Å². The molecule has 0 aromatic heterocycles. The number of carbonyl (C=O) groups is 2. The molecule has 26 heavy (non-hydrogen) atoms. The molecule has 2 saturated heterocycles. The third-order valence-electron chi connectivity index (χ3n) is 5.71. The molecule has 2 aliphatic heterocycles. The van der Waals surface area contributed by atoms with E-state index in [9.17, 15) is 9.59 Å². The maximum absolute atomic E-state index is 13.2. The topological polar surface area (TPSA) is 58.6 Å². The van der Waals surface area contributed by atoms with Crippen molar-refractivity contribution in [2.24, 2.45) is 0 Å². The summed E-state index contributed by atoms with van der Waals surface area (Å²) in [7, 11) is 0. The normalized spacial score (nSPS) is 26.1. The molecule has 3 rings (SSSR count). The van der Waals surface area contributed by atoms with Crippen LogP contribution in [0.2, 0.25) is 0 Å². The summed E-state index contributed by atoms with van der Waals surface area (Å²) in [6.45, 7) is 8.64. The number of carbonyl (C=O) groups excluding carboxylic acids is 2. The number of hydrogen-bond donors (Lipinski definition) is 1. The van der Waals surface area contributed by atoms with Gasteiger partial charge in [-0.3, -0.25) is 9.59 Å². The van der Waals surface area contributed by atoms with Crippen LogP contribution in [0.1, 0.15) is 50.7 Å². The first-order valence-corrected chi connectivity index (χ1v) is 9.56. The molecular formula is C21H30N2O3. The summed E-state index contributed by atoms with van der Waals surface area (Å²) in [6, 6.07) is 8.40. The van der Waals surface area contributed by atoms with Crippen LogP contribution in [-0.2, 0) is 19.7 Å². The molecular weight excluding hydrogens is 328 g/mol. The van der Waals surface area contributed by atoms with E-state index in [-0.39, 0.29) is 22.8 Å². The van der Waals surface area contributed by atoms with Crippen molar-refractivity contribution >= 4 is 11.8 Å². The lowest BCUT2D eigenvalue weighted by Crippen LogP contribution is -2.48. The Morgan fingerprint density at radius 3 is 2.77 bits per heavy atom. The van der Waals surface area contributed by atoms with Crippen molar-refractivity contribution in [2.45, 2.75) is 57.5 Å². The first-order valence-electron chi connectivity index (χ1n) is 9.56. The highest BCUT2D eigenvalue weighted by Crippen LogP contribution is 2.45. The molecule has 1 aromatic carbocycles. The van der Waals surface area contributed by atoms with Gasteiger partial charge in [-0.2, -0.15) is 0 Å². The Hall–Kier alpha value is -1.88. The summed E-state index contributed by atoms with van der Waals surface area (Å²) in [5, 5.41) is 2.84. The number of hydrogen-bond acceptors (Lipinski definition) is 3. The van der Waals surface area contributed by atoms with E-state index >= 15 is 0 Å². The van der Waals surface area contributed by atoms with E-state index in [0.29, 0.717) is 39.1 Å². The number of aryl methyl sites for hydroxylation is 1. The van der Waals surface area contributed by atoms with Crippen molar-refractivity contribution in [3.8, 4) is 0 Å². The lowest BCUT2D eigenvalue weighted by molar-refractivity contribution is -0.136. The molecule has 1 aromatic rings. The maximum atomic E-state index is 13.2. The van der Waals surface area contributed by atoms with Crippen molar-refractivity contribution < 1.29 is 14.3 Å². The molecule has 2 amide bonds. The van der Waals surface area contributed by atoms with Gasteiger partial charge in [-0.15, -0.1) is 0 Å². The van der Waals surface area contributed by atoms with Gasteiger partial charge >= 0.3 is 0 Å². The molecule has 0 bridgehead atoms. The van der Waals surface area contributed by atoms with Crippen LogP contribution in [0.5, 0.6) is 0 Å². The minimum absolute atomic E-state index is 0.0288. The summed E-state index contributed by atoms with van der Waals surface area (Å²) in [5.74, 6) is 0.170. The minimum Gasteiger partial charge on any atom is -0.376 e. The second-order valence-corrected chi connectivity index (χ2v) is 8.29. The fraction of sp³-hybridized carbons (Fsp3) is 0.619. The molecule has 1 N–H and O–H groups in total. The molecule has 0 aliphatic carbocycles. The molecule has 2 aliphatic rings. The molecule has 2 fully saturated rings. The zero-order chi connectivity index (χ0) is 18.8. The minimum atomic E-state index is -0.253. The van der Waals surface area contributed by atoms with Gasteiger partial charge in [0.25, 0.3) is 0 Å². The third kappa shape index (κ3) is 4.09. The highest BCUT2D eigenvalue weighted by atomic mass is 16.5. The maximum Gasteiger partial charge on any atom is 0.223 e. The van der Waals surface area contributed by atoms with Crippen LogP contribution in [0.25, 0.3) is 0 Å². The predicted molar refractivity (Wildman–Crippen MR) is 101 cm³/mol. The highest BCUT2D eigenvalue weighted by Gasteiger charge is 2.44. The smallest absolute Gasteiger partial charge is 0.223 e. The fourth-order valence-electron chi connectivity index (χ4n) is 4.54. The van der Waals surface area contributed by atoms with Crippen LogP contribution >= 0.6 is 0 Å². The van der Waals surface area contributed by atoms with E-state index in [0.717, 1.165) is 12.8 Å². The molecule has 2 heterocycles. The van der Waals surface area contributed by atoms with Crippen LogP contribution in [-0.4, -0.2) is 48.6 Å². The van der Waals surface area contributed by atoms with E-state index in [2.05, 4.69) is 44.3 Å². The van der Waals surface area contributed by atoms with Crippen molar-refractivity contribution in [3.05, 3.63) is 35.4 Å². The van der Waals surface area contributed by atoms with E-state index in [1.807, 2.05) is 11.0 Å². The molecule has 142 valence electrons. The van der Waals surface area contributed by atoms with Gasteiger partial charge in [0, 0.05) is 44.5 Å². The molecule has 5 heteroatoms. The van der Waals surface area contributed by atoms with E-state index in [4.69, 9.17) is 4.74 Å². The second-order valence-electron chi connectivity index (χ2n) is 8.29. The fourth-order valence-corrected chi connectivity index (χ4v) is 4.54. The summed E-state index contributed by atoms with van der Waals surface area (Å²) in [4.78, 5) is 26.6. The average molecular weight is 358 g/mol. The van der Waals surface area contributed by atoms with Gasteiger partial charge in [-0.1, -0.05) is 24.3 Å². The summed E-state index contributed by atoms with van der Waals surface area (Å²) >= 11 is 0. The standard InChI is InChI=1S/C21H30N2O3/c1-16-6-4-5-7-17(16)21(9-13-26-20(2,3)15-21)14-19(25)23-11-8-18(24)22-10-12-23/h4-7H,8-15H2,1-3H3,(H,22,24)/t21-/m1/s1. The van der Waals surface area contributed by atoms with Crippen molar-refractivity contribution in [1.82, 2.24) is 10.2 Å². The Kier molecular flexibility index (Phi) is 5.37. The van der Waals surface area contributed by atoms with E-state index in [1.165, 1.54) is 11.1 Å². The lowest BCUT2D eigenvalue weighted by Gasteiger charge is -2.46. The van der Waals surface area contributed by atoms with Gasteiger partial charge < -0.3 is 15.0 Å². The Labute approximate surface area is 156 Å². The second kappa shape index (κ2) is 7.39. The SMILES string of the molecule is Cc1ccccc1[C@@]1(CC(=O)N2CCNC(=O)CC2)CCOC(C)(C)C1. The largest absolute Gasteiger partial charge is 0.376 e. The van der Waals surface area contributed by atoms with Crippen molar-refractivity contribution in [3.63, 3.8) is 0 Å². The number of nitrogens with zero attached hydrogens (tertiary/aromatic N) is 1. The number of benzene rings is 1. The number of rotatable bonds is 3. The molecule has 0 radical (unpaired) electrons. The van der Waals surface area contributed by atoms with Crippen molar-refractivity contribution in [2.75, 3.05) is 26.2 Å². The number of nitrogens with one attached hydrogen (secondary N) is 1. The van der Waals surface area contributed by atoms with Gasteiger partial charge in [0.15, 0.2) is 0 Å². The first kappa shape index (κ1) is 18.9. The third-order valence-corrected chi connectivity index (χ3v) is 5.71. The monoisotopic (exact) mass is 358 g/mol. The van der Waals surface area contributed by atoms with Crippen LogP contribution < -0.4 is 5.32 Å². The number of amides is 2. The van der Waals surface area contributed by atoms with Crippen molar-refractivity contribution in [1.29, 1.82) is 0 Å². The van der Waals surface area contributed by atoms with Gasteiger partial charge in [0.2, 0.25) is 11.8 Å². The molecule has 0 saturated carbocycles. The van der Waals surface area contributed by atoms with Gasteiger partial charge in [-0.25, -0.2) is 0 Å². The average Bonchev–Trinajstić information content (AvgIpc) is 2.79. The zero-order valence-electron chi connectivity index (χ0n) is 16.1. The Bertz CT molecular complexity index is 686. The molecule has 5 nitrogen and oxygen atoms in total. The molecule has 0 unspecified atom stereocenters. The lowest BCUT2D eigenvalue weighted by atomic mass is 9.66. The highest BCUT2D eigenvalue weighted by molar-refractivity contribution is 5.81.